The third-order valence-electron chi connectivity index (χ3n) is 12.1. The van der Waals surface area contributed by atoms with Crippen LogP contribution < -0.4 is 9.80 Å². The lowest BCUT2D eigenvalue weighted by Gasteiger charge is -2.43. The van der Waals surface area contributed by atoms with Crippen molar-refractivity contribution in [2.24, 2.45) is 0 Å². The summed E-state index contributed by atoms with van der Waals surface area (Å²) in [4.78, 5) is 5.28. The van der Waals surface area contributed by atoms with Crippen molar-refractivity contribution in [2.75, 3.05) is 22.9 Å². The molecule has 0 aromatic heterocycles. The molecule has 7 rings (SSSR count). The fourth-order valence-electron chi connectivity index (χ4n) is 10.6. The van der Waals surface area contributed by atoms with Crippen LogP contribution in [0.2, 0.25) is 0 Å². The van der Waals surface area contributed by atoms with E-state index in [1.165, 1.54) is 124 Å². The minimum atomic E-state index is -0.479. The summed E-state index contributed by atoms with van der Waals surface area (Å²) in [5.74, 6) is 1.27. The molecule has 2 nitrogen and oxygen atoms in total. The lowest BCUT2D eigenvalue weighted by Crippen LogP contribution is -2.31. The number of hydrogen-bond donors (Lipinski definition) is 0. The molecule has 0 amide bonds. The van der Waals surface area contributed by atoms with E-state index in [9.17, 15) is 0 Å². The number of benzene rings is 3. The molecule has 3 aliphatic carbocycles. The first-order chi connectivity index (χ1) is 24.0. The largest absolute Gasteiger partial charge is 0.325 e. The molecule has 3 aromatic carbocycles. The Morgan fingerprint density at radius 1 is 0.720 bits per heavy atom. The molecule has 266 valence electrons. The van der Waals surface area contributed by atoms with Crippen molar-refractivity contribution in [3.05, 3.63) is 116 Å². The maximum atomic E-state index is 8.56. The predicted octanol–water partition coefficient (Wildman–Crippen LogP) is 12.9. The fourth-order valence-corrected chi connectivity index (χ4v) is 17.0. The van der Waals surface area contributed by atoms with Crippen molar-refractivity contribution in [1.29, 1.82) is 0 Å². The Morgan fingerprint density at radius 3 is 1.60 bits per heavy atom. The van der Waals surface area contributed by atoms with E-state index in [2.05, 4.69) is 113 Å². The van der Waals surface area contributed by atoms with E-state index < -0.39 is 12.5 Å². The summed E-state index contributed by atoms with van der Waals surface area (Å²) in [7, 11) is -0.479. The van der Waals surface area contributed by atoms with E-state index in [4.69, 9.17) is 23.2 Å². The van der Waals surface area contributed by atoms with Gasteiger partial charge in [-0.25, -0.2) is 0 Å². The Morgan fingerprint density at radius 2 is 1.16 bits per heavy atom. The monoisotopic (exact) mass is 726 g/mol. The molecule has 0 radical (unpaired) electrons. The number of nitrogens with zero attached hydrogens (tertiary/aromatic N) is 2. The first kappa shape index (κ1) is 36.1. The molecule has 4 aliphatic rings. The summed E-state index contributed by atoms with van der Waals surface area (Å²) in [5.41, 5.74) is 17.5. The van der Waals surface area contributed by atoms with Crippen LogP contribution in [0.5, 0.6) is 0 Å². The van der Waals surface area contributed by atoms with Crippen LogP contribution in [0.3, 0.4) is 0 Å². The van der Waals surface area contributed by atoms with Gasteiger partial charge in [0, 0.05) is 30.0 Å². The van der Waals surface area contributed by atoms with Crippen LogP contribution in [0.25, 0.3) is 0 Å². The summed E-state index contributed by atoms with van der Waals surface area (Å²) in [5, 5.41) is -0.156. The molecule has 3 saturated carbocycles. The van der Waals surface area contributed by atoms with Crippen LogP contribution in [0, 0.1) is 41.5 Å². The molecule has 1 heterocycles. The third-order valence-corrected chi connectivity index (χ3v) is 17.2. The van der Waals surface area contributed by atoms with Gasteiger partial charge >= 0.3 is 0 Å². The minimum Gasteiger partial charge on any atom is -0.325 e. The van der Waals surface area contributed by atoms with Gasteiger partial charge in [0.1, 0.15) is 5.82 Å². The molecule has 4 fully saturated rings. The average Bonchev–Trinajstić information content (AvgIpc) is 3.86. The molecule has 2 atom stereocenters. The molecule has 5 heteroatoms. The van der Waals surface area contributed by atoms with Gasteiger partial charge in [0.2, 0.25) is 0 Å². The van der Waals surface area contributed by atoms with Gasteiger partial charge in [-0.05, 0) is 132 Å². The SMILES string of the molecule is CC(Cc1ccccc1)=C1C(=C2N(c3c(C)cc(C)cc3C)CCN2c2c(C)cc(C)cc2C)C(Cl)CC1(Cl)P(C1CCCC1)C1CCCC1. The summed E-state index contributed by atoms with van der Waals surface area (Å²) in [6.07, 6.45) is 12.5. The van der Waals surface area contributed by atoms with Crippen LogP contribution in [0.4, 0.5) is 11.4 Å². The Labute approximate surface area is 314 Å². The lowest BCUT2D eigenvalue weighted by atomic mass is 9.96. The molecule has 3 aromatic rings. The number of alkyl halides is 2. The van der Waals surface area contributed by atoms with Crippen LogP contribution >= 0.6 is 31.1 Å². The highest BCUT2D eigenvalue weighted by Gasteiger charge is 2.57. The fraction of sp³-hybridized carbons (Fsp3) is 0.511. The zero-order chi connectivity index (χ0) is 35.3. The number of anilines is 2. The van der Waals surface area contributed by atoms with E-state index in [1.807, 2.05) is 0 Å². The van der Waals surface area contributed by atoms with E-state index in [0.717, 1.165) is 37.2 Å². The van der Waals surface area contributed by atoms with Crippen molar-refractivity contribution < 1.29 is 0 Å². The summed E-state index contributed by atoms with van der Waals surface area (Å²) >= 11 is 16.5. The van der Waals surface area contributed by atoms with Gasteiger partial charge in [0.25, 0.3) is 0 Å². The second kappa shape index (κ2) is 14.6. The van der Waals surface area contributed by atoms with Gasteiger partial charge in [-0.15, -0.1) is 23.2 Å². The normalized spacial score (nSPS) is 24.5. The molecule has 0 N–H and O–H groups in total. The topological polar surface area (TPSA) is 6.48 Å². The quantitative estimate of drug-likeness (QED) is 0.177. The van der Waals surface area contributed by atoms with Crippen molar-refractivity contribution in [1.82, 2.24) is 0 Å². The smallest absolute Gasteiger partial charge is 0.118 e. The molecule has 0 spiro atoms. The van der Waals surface area contributed by atoms with E-state index in [1.54, 1.807) is 0 Å². The van der Waals surface area contributed by atoms with E-state index >= 15 is 0 Å². The number of rotatable bonds is 7. The summed E-state index contributed by atoms with van der Waals surface area (Å²) in [6.45, 7) is 17.8. The lowest BCUT2D eigenvalue weighted by molar-refractivity contribution is 0.773. The molecule has 1 aliphatic heterocycles. The van der Waals surface area contributed by atoms with Gasteiger partial charge in [0.15, 0.2) is 0 Å². The van der Waals surface area contributed by atoms with Gasteiger partial charge in [-0.1, -0.05) is 105 Å². The highest BCUT2D eigenvalue weighted by atomic mass is 35.5. The first-order valence-electron chi connectivity index (χ1n) is 19.3. The van der Waals surface area contributed by atoms with Crippen LogP contribution in [-0.4, -0.2) is 34.4 Å². The Bertz CT molecular complexity index is 1670. The molecule has 50 heavy (non-hydrogen) atoms. The van der Waals surface area contributed by atoms with Crippen LogP contribution in [0.1, 0.15) is 104 Å². The molecular weight excluding hydrogens is 670 g/mol. The standard InChI is InChI=1S/C45H57Cl2N2P/c1-29-23-32(4)42(33(5)24-29)48-21-22-49(43-34(6)25-30(2)26-35(43)7)44(48)40-39(46)28-45(47,41(40)31(3)27-36-15-9-8-10-16-36)50(37-17-11-12-18-37)38-19-13-14-20-38/h8-10,15-16,23-26,37-39H,11-14,17-22,27-28H2,1-7H3. The van der Waals surface area contributed by atoms with Crippen LogP contribution in [0.15, 0.2) is 77.1 Å². The van der Waals surface area contributed by atoms with Gasteiger partial charge in [-0.2, -0.15) is 0 Å². The Kier molecular flexibility index (Phi) is 10.6. The maximum Gasteiger partial charge on any atom is 0.118 e. The second-order valence-corrected chi connectivity index (χ2v) is 20.5. The van der Waals surface area contributed by atoms with Crippen molar-refractivity contribution in [3.63, 3.8) is 0 Å². The average molecular weight is 728 g/mol. The highest BCUT2D eigenvalue weighted by molar-refractivity contribution is 7.63. The molecule has 1 saturated heterocycles. The maximum absolute atomic E-state index is 8.56. The van der Waals surface area contributed by atoms with Gasteiger partial charge < -0.3 is 9.80 Å². The summed E-state index contributed by atoms with van der Waals surface area (Å²) < 4.78 is -0.429. The number of aryl methyl sites for hydroxylation is 6. The van der Waals surface area contributed by atoms with Gasteiger partial charge in [0.05, 0.1) is 9.99 Å². The highest BCUT2D eigenvalue weighted by Crippen LogP contribution is 2.74. The van der Waals surface area contributed by atoms with Crippen molar-refractivity contribution in [2.45, 2.75) is 134 Å². The zero-order valence-electron chi connectivity index (χ0n) is 31.5. The molecule has 2 unspecified atom stereocenters. The molecular formula is C45H57Cl2N2P. The minimum absolute atomic E-state index is 0.156. The zero-order valence-corrected chi connectivity index (χ0v) is 33.9. The number of hydrogen-bond acceptors (Lipinski definition) is 2. The number of halogens is 2. The predicted molar refractivity (Wildman–Crippen MR) is 220 cm³/mol. The number of allylic oxidation sites excluding steroid dienone is 3. The van der Waals surface area contributed by atoms with Crippen LogP contribution in [-0.2, 0) is 6.42 Å². The van der Waals surface area contributed by atoms with Crippen molar-refractivity contribution >= 4 is 42.5 Å². The second-order valence-electron chi connectivity index (χ2n) is 16.1. The third kappa shape index (κ3) is 6.61. The van der Waals surface area contributed by atoms with E-state index in [-0.39, 0.29) is 5.38 Å². The summed E-state index contributed by atoms with van der Waals surface area (Å²) in [6, 6.07) is 20.5. The first-order valence-corrected chi connectivity index (χ1v) is 21.6. The Hall–Kier alpha value is -2.25. The Balaban J connectivity index is 1.52. The van der Waals surface area contributed by atoms with Gasteiger partial charge in [-0.3, -0.25) is 0 Å². The van der Waals surface area contributed by atoms with E-state index in [0.29, 0.717) is 0 Å². The van der Waals surface area contributed by atoms with Crippen molar-refractivity contribution in [3.8, 4) is 0 Å². The molecule has 0 bridgehead atoms.